The van der Waals surface area contributed by atoms with Crippen LogP contribution in [0, 0.1) is 0 Å². The molecule has 0 spiro atoms. The highest BCUT2D eigenvalue weighted by atomic mass is 16.5. The van der Waals surface area contributed by atoms with Crippen LogP contribution in [-0.4, -0.2) is 58.2 Å². The zero-order chi connectivity index (χ0) is 19.5. The van der Waals surface area contributed by atoms with Crippen molar-refractivity contribution in [3.63, 3.8) is 0 Å². The average Bonchev–Trinajstić information content (AvgIpc) is 3.28. The first-order chi connectivity index (χ1) is 13.7. The van der Waals surface area contributed by atoms with E-state index in [2.05, 4.69) is 10.1 Å². The van der Waals surface area contributed by atoms with Gasteiger partial charge in [-0.05, 0) is 24.3 Å². The summed E-state index contributed by atoms with van der Waals surface area (Å²) in [7, 11) is 1.57. The summed E-state index contributed by atoms with van der Waals surface area (Å²) in [5.74, 6) is 0.272. The molecule has 3 aromatic rings. The van der Waals surface area contributed by atoms with Crippen LogP contribution in [0.4, 0.5) is 5.69 Å². The van der Waals surface area contributed by atoms with Crippen LogP contribution in [-0.2, 0) is 4.79 Å². The number of piperazine rings is 1. The molecule has 1 fully saturated rings. The van der Waals surface area contributed by atoms with Gasteiger partial charge in [0.25, 0.3) is 5.91 Å². The van der Waals surface area contributed by atoms with Gasteiger partial charge in [-0.15, -0.1) is 0 Å². The molecule has 1 aromatic heterocycles. The van der Waals surface area contributed by atoms with Crippen LogP contribution in [0.1, 0.15) is 10.4 Å². The summed E-state index contributed by atoms with van der Waals surface area (Å²) in [5.41, 5.74) is 1.82. The second-order valence-electron chi connectivity index (χ2n) is 6.30. The van der Waals surface area contributed by atoms with Gasteiger partial charge in [0.15, 0.2) is 0 Å². The molecule has 0 aliphatic carbocycles. The van der Waals surface area contributed by atoms with Gasteiger partial charge < -0.3 is 14.5 Å². The Bertz CT molecular complexity index is 1000. The third-order valence-corrected chi connectivity index (χ3v) is 4.68. The van der Waals surface area contributed by atoms with Gasteiger partial charge in [-0.2, -0.15) is 5.10 Å². The number of benzene rings is 2. The van der Waals surface area contributed by atoms with Crippen LogP contribution < -0.4 is 9.64 Å². The first-order valence-corrected chi connectivity index (χ1v) is 8.85. The topological polar surface area (TPSA) is 80.6 Å². The third-order valence-electron chi connectivity index (χ3n) is 4.68. The van der Waals surface area contributed by atoms with E-state index in [0.29, 0.717) is 35.8 Å². The number of carbonyl (C=O) groups excluding carboxylic acids is 2. The molecule has 8 heteroatoms. The lowest BCUT2D eigenvalue weighted by molar-refractivity contribution is -0.120. The molecule has 0 saturated carbocycles. The van der Waals surface area contributed by atoms with Crippen LogP contribution in [0.25, 0.3) is 5.69 Å². The number of carbonyl (C=O) groups is 2. The maximum absolute atomic E-state index is 13.1. The first kappa shape index (κ1) is 17.7. The van der Waals surface area contributed by atoms with E-state index in [4.69, 9.17) is 4.74 Å². The summed E-state index contributed by atoms with van der Waals surface area (Å²) in [6, 6.07) is 14.5. The Morgan fingerprint density at radius 3 is 2.50 bits per heavy atom. The van der Waals surface area contributed by atoms with E-state index in [1.807, 2.05) is 30.3 Å². The van der Waals surface area contributed by atoms with Crippen LogP contribution >= 0.6 is 0 Å². The molecular formula is C20H19N5O3. The molecule has 0 bridgehead atoms. The van der Waals surface area contributed by atoms with Crippen molar-refractivity contribution in [2.45, 2.75) is 0 Å². The smallest absolute Gasteiger partial charge is 0.256 e. The summed E-state index contributed by atoms with van der Waals surface area (Å²) in [4.78, 5) is 33.0. The monoisotopic (exact) mass is 377 g/mol. The van der Waals surface area contributed by atoms with E-state index in [-0.39, 0.29) is 18.4 Å². The van der Waals surface area contributed by atoms with Gasteiger partial charge in [-0.1, -0.05) is 24.3 Å². The molecule has 8 nitrogen and oxygen atoms in total. The van der Waals surface area contributed by atoms with E-state index in [0.717, 1.165) is 0 Å². The first-order valence-electron chi connectivity index (χ1n) is 8.85. The second-order valence-corrected chi connectivity index (χ2v) is 6.30. The summed E-state index contributed by atoms with van der Waals surface area (Å²) in [5, 5.41) is 4.11. The van der Waals surface area contributed by atoms with Gasteiger partial charge in [-0.3, -0.25) is 9.59 Å². The van der Waals surface area contributed by atoms with Crippen molar-refractivity contribution in [1.29, 1.82) is 0 Å². The quantitative estimate of drug-likeness (QED) is 0.692. The van der Waals surface area contributed by atoms with Gasteiger partial charge in [0, 0.05) is 13.1 Å². The van der Waals surface area contributed by atoms with Crippen molar-refractivity contribution in [3.8, 4) is 11.4 Å². The zero-order valence-electron chi connectivity index (χ0n) is 15.4. The van der Waals surface area contributed by atoms with Crippen LogP contribution in [0.5, 0.6) is 5.75 Å². The van der Waals surface area contributed by atoms with Crippen LogP contribution in [0.15, 0.2) is 61.2 Å². The molecule has 0 N–H and O–H groups in total. The number of amides is 2. The number of nitrogens with zero attached hydrogens (tertiary/aromatic N) is 5. The number of ether oxygens (including phenoxy) is 1. The van der Waals surface area contributed by atoms with Gasteiger partial charge in [0.2, 0.25) is 5.91 Å². The summed E-state index contributed by atoms with van der Waals surface area (Å²) >= 11 is 0. The maximum Gasteiger partial charge on any atom is 0.256 e. The van der Waals surface area contributed by atoms with Crippen LogP contribution in [0.2, 0.25) is 0 Å². The Labute approximate surface area is 162 Å². The molecule has 0 atom stereocenters. The number of anilines is 1. The van der Waals surface area contributed by atoms with Gasteiger partial charge in [0.1, 0.15) is 24.9 Å². The Morgan fingerprint density at radius 1 is 1.04 bits per heavy atom. The minimum Gasteiger partial charge on any atom is -0.495 e. The largest absolute Gasteiger partial charge is 0.495 e. The highest BCUT2D eigenvalue weighted by molar-refractivity contribution is 6.03. The molecular weight excluding hydrogens is 358 g/mol. The van der Waals surface area contributed by atoms with Gasteiger partial charge in [0.05, 0.1) is 24.0 Å². The molecule has 1 aliphatic heterocycles. The van der Waals surface area contributed by atoms with Crippen molar-refractivity contribution < 1.29 is 14.3 Å². The lowest BCUT2D eigenvalue weighted by Crippen LogP contribution is -2.52. The van der Waals surface area contributed by atoms with E-state index in [9.17, 15) is 9.59 Å². The molecule has 28 heavy (non-hydrogen) atoms. The Balaban J connectivity index is 1.56. The Hall–Kier alpha value is -3.68. The molecule has 0 radical (unpaired) electrons. The number of hydrogen-bond donors (Lipinski definition) is 0. The fourth-order valence-corrected chi connectivity index (χ4v) is 3.31. The van der Waals surface area contributed by atoms with E-state index in [1.54, 1.807) is 39.8 Å². The third kappa shape index (κ3) is 3.20. The molecule has 2 heterocycles. The predicted molar refractivity (Wildman–Crippen MR) is 103 cm³/mol. The second kappa shape index (κ2) is 7.51. The summed E-state index contributed by atoms with van der Waals surface area (Å²) in [6.07, 6.45) is 2.95. The molecule has 2 amide bonds. The number of methoxy groups -OCH3 is 1. The fourth-order valence-electron chi connectivity index (χ4n) is 3.31. The summed E-state index contributed by atoms with van der Waals surface area (Å²) in [6.45, 7) is 0.827. The Morgan fingerprint density at radius 2 is 1.79 bits per heavy atom. The molecule has 4 rings (SSSR count). The van der Waals surface area contributed by atoms with Crippen molar-refractivity contribution in [3.05, 3.63) is 66.7 Å². The maximum atomic E-state index is 13.1. The number of rotatable bonds is 4. The predicted octanol–water partition coefficient (Wildman–Crippen LogP) is 1.76. The molecule has 142 valence electrons. The zero-order valence-corrected chi connectivity index (χ0v) is 15.4. The molecule has 2 aromatic carbocycles. The summed E-state index contributed by atoms with van der Waals surface area (Å²) < 4.78 is 6.90. The number of hydrogen-bond acceptors (Lipinski definition) is 5. The van der Waals surface area contributed by atoms with Crippen molar-refractivity contribution in [2.24, 2.45) is 0 Å². The molecule has 0 unspecified atom stereocenters. The molecule has 1 saturated heterocycles. The van der Waals surface area contributed by atoms with E-state index < -0.39 is 0 Å². The van der Waals surface area contributed by atoms with Crippen molar-refractivity contribution in [2.75, 3.05) is 31.6 Å². The van der Waals surface area contributed by atoms with Crippen molar-refractivity contribution >= 4 is 17.5 Å². The number of para-hydroxylation sites is 3. The fraction of sp³-hybridized carbons (Fsp3) is 0.200. The van der Waals surface area contributed by atoms with E-state index in [1.165, 1.54) is 12.7 Å². The lowest BCUT2D eigenvalue weighted by atomic mass is 10.1. The minimum absolute atomic E-state index is 0.00255. The Kier molecular flexibility index (Phi) is 4.76. The normalized spacial score (nSPS) is 14.2. The SMILES string of the molecule is COc1ccccc1N1CCN(C(=O)c2ccccc2-n2cncn2)CC1=O. The highest BCUT2D eigenvalue weighted by Gasteiger charge is 2.30. The van der Waals surface area contributed by atoms with E-state index >= 15 is 0 Å². The van der Waals surface area contributed by atoms with Crippen molar-refractivity contribution in [1.82, 2.24) is 19.7 Å². The van der Waals surface area contributed by atoms with Gasteiger partial charge in [-0.25, -0.2) is 9.67 Å². The molecule has 1 aliphatic rings. The van der Waals surface area contributed by atoms with Crippen LogP contribution in [0.3, 0.4) is 0 Å². The number of aromatic nitrogens is 3. The minimum atomic E-state index is -0.209. The standard InChI is InChI=1S/C20H19N5O3/c1-28-18-9-5-4-8-17(18)24-11-10-23(12-19(24)26)20(27)15-6-2-3-7-16(15)25-14-21-13-22-25/h2-9,13-14H,10-12H2,1H3. The average molecular weight is 377 g/mol. The lowest BCUT2D eigenvalue weighted by Gasteiger charge is -2.35. The highest BCUT2D eigenvalue weighted by Crippen LogP contribution is 2.29. The van der Waals surface area contributed by atoms with Gasteiger partial charge >= 0.3 is 0 Å².